The molecule has 1 N–H and O–H groups in total. The number of carboxylic acids is 1. The third-order valence-corrected chi connectivity index (χ3v) is 4.51. The van der Waals surface area contributed by atoms with Gasteiger partial charge in [-0.25, -0.2) is 0 Å². The molecule has 2 heterocycles. The number of hydrogen-bond acceptors (Lipinski definition) is 3. The number of rotatable bonds is 2. The van der Waals surface area contributed by atoms with Gasteiger partial charge in [-0.2, -0.15) is 0 Å². The summed E-state index contributed by atoms with van der Waals surface area (Å²) in [5.41, 5.74) is 0.0609. The molecule has 0 spiro atoms. The van der Waals surface area contributed by atoms with Gasteiger partial charge in [-0.15, -0.1) is 0 Å². The molecule has 0 radical (unpaired) electrons. The number of likely N-dealkylation sites (tertiary alicyclic amines) is 1. The Bertz CT molecular complexity index is 618. The number of fused-ring (bicyclic) bond motifs is 1. The van der Waals surface area contributed by atoms with E-state index in [4.69, 9.17) is 16.3 Å². The molecule has 1 aromatic carbocycles. The molecule has 112 valence electrons. The van der Waals surface area contributed by atoms with Crippen LogP contribution in [0.15, 0.2) is 18.2 Å². The molecule has 5 nitrogen and oxygen atoms in total. The number of aliphatic carboxylic acids is 1. The summed E-state index contributed by atoms with van der Waals surface area (Å²) in [6.45, 7) is 2.36. The summed E-state index contributed by atoms with van der Waals surface area (Å²) in [5.74, 6) is -0.328. The first-order valence-corrected chi connectivity index (χ1v) is 7.24. The summed E-state index contributed by atoms with van der Waals surface area (Å²) in [7, 11) is 0. The SMILES string of the molecule is C[C@@]1(C(=O)O)CCN(C(=O)[C@H]2Cc3cc(Cl)ccc3O2)C1. The fourth-order valence-electron chi connectivity index (χ4n) is 2.88. The van der Waals surface area contributed by atoms with E-state index in [0.717, 1.165) is 5.56 Å². The van der Waals surface area contributed by atoms with Crippen LogP contribution in [0.3, 0.4) is 0 Å². The number of benzene rings is 1. The van der Waals surface area contributed by atoms with Crippen LogP contribution in [0, 0.1) is 5.41 Å². The van der Waals surface area contributed by atoms with Crippen LogP contribution >= 0.6 is 11.6 Å². The number of carbonyl (C=O) groups excluding carboxylic acids is 1. The van der Waals surface area contributed by atoms with Gasteiger partial charge in [-0.3, -0.25) is 9.59 Å². The maximum Gasteiger partial charge on any atom is 0.311 e. The molecule has 1 aromatic rings. The number of carbonyl (C=O) groups is 2. The van der Waals surface area contributed by atoms with Gasteiger partial charge in [0.15, 0.2) is 6.10 Å². The number of carboxylic acid groups (broad SMARTS) is 1. The molecule has 0 unspecified atom stereocenters. The van der Waals surface area contributed by atoms with Crippen molar-refractivity contribution in [3.8, 4) is 5.75 Å². The van der Waals surface area contributed by atoms with Crippen LogP contribution in [0.2, 0.25) is 5.02 Å². The molecule has 6 heteroatoms. The molecule has 2 atom stereocenters. The molecule has 2 aliphatic rings. The predicted octanol–water partition coefficient (Wildman–Crippen LogP) is 1.97. The molecular weight excluding hydrogens is 294 g/mol. The van der Waals surface area contributed by atoms with Crippen molar-refractivity contribution in [1.29, 1.82) is 0 Å². The minimum Gasteiger partial charge on any atom is -0.481 e. The Labute approximate surface area is 127 Å². The van der Waals surface area contributed by atoms with E-state index in [2.05, 4.69) is 0 Å². The summed E-state index contributed by atoms with van der Waals surface area (Å²) < 4.78 is 5.67. The van der Waals surface area contributed by atoms with Crippen molar-refractivity contribution >= 4 is 23.5 Å². The third kappa shape index (κ3) is 2.46. The Hall–Kier alpha value is -1.75. The summed E-state index contributed by atoms with van der Waals surface area (Å²) in [6.07, 6.45) is 0.379. The van der Waals surface area contributed by atoms with Crippen molar-refractivity contribution in [3.63, 3.8) is 0 Å². The molecule has 3 rings (SSSR count). The second-order valence-electron chi connectivity index (χ2n) is 5.94. The zero-order chi connectivity index (χ0) is 15.2. The Balaban J connectivity index is 1.70. The monoisotopic (exact) mass is 309 g/mol. The van der Waals surface area contributed by atoms with Crippen molar-refractivity contribution in [2.45, 2.75) is 25.9 Å². The van der Waals surface area contributed by atoms with E-state index in [9.17, 15) is 14.7 Å². The minimum atomic E-state index is -0.861. The zero-order valence-electron chi connectivity index (χ0n) is 11.6. The average molecular weight is 310 g/mol. The minimum absolute atomic E-state index is 0.146. The lowest BCUT2D eigenvalue weighted by molar-refractivity contribution is -0.147. The first-order valence-electron chi connectivity index (χ1n) is 6.86. The van der Waals surface area contributed by atoms with Crippen LogP contribution in [0.5, 0.6) is 5.75 Å². The maximum absolute atomic E-state index is 12.5. The normalized spacial score (nSPS) is 27.3. The summed E-state index contributed by atoms with van der Waals surface area (Å²) >= 11 is 5.93. The second kappa shape index (κ2) is 4.91. The fraction of sp³-hybridized carbons (Fsp3) is 0.467. The number of ether oxygens (including phenoxy) is 1. The van der Waals surface area contributed by atoms with Crippen LogP contribution < -0.4 is 4.74 Å². The summed E-state index contributed by atoms with van der Waals surface area (Å²) in [6, 6.07) is 5.29. The number of hydrogen-bond donors (Lipinski definition) is 1. The lowest BCUT2D eigenvalue weighted by Gasteiger charge is -2.22. The van der Waals surface area contributed by atoms with E-state index in [1.54, 1.807) is 30.0 Å². The highest BCUT2D eigenvalue weighted by Gasteiger charge is 2.44. The quantitative estimate of drug-likeness (QED) is 0.907. The predicted molar refractivity (Wildman–Crippen MR) is 76.5 cm³/mol. The van der Waals surface area contributed by atoms with Crippen molar-refractivity contribution in [1.82, 2.24) is 4.90 Å². The largest absolute Gasteiger partial charge is 0.481 e. The van der Waals surface area contributed by atoms with E-state index >= 15 is 0 Å². The molecule has 0 saturated carbocycles. The van der Waals surface area contributed by atoms with Gasteiger partial charge in [-0.1, -0.05) is 11.6 Å². The molecule has 0 aromatic heterocycles. The van der Waals surface area contributed by atoms with Gasteiger partial charge >= 0.3 is 5.97 Å². The number of amides is 1. The Kier molecular flexibility index (Phi) is 3.32. The molecule has 1 fully saturated rings. The van der Waals surface area contributed by atoms with E-state index in [-0.39, 0.29) is 12.5 Å². The van der Waals surface area contributed by atoms with Gasteiger partial charge < -0.3 is 14.7 Å². The highest BCUT2D eigenvalue weighted by molar-refractivity contribution is 6.30. The van der Waals surface area contributed by atoms with Crippen LogP contribution in [-0.4, -0.2) is 41.1 Å². The van der Waals surface area contributed by atoms with Crippen molar-refractivity contribution in [2.75, 3.05) is 13.1 Å². The molecule has 1 saturated heterocycles. The third-order valence-electron chi connectivity index (χ3n) is 4.27. The lowest BCUT2D eigenvalue weighted by Crippen LogP contribution is -2.42. The topological polar surface area (TPSA) is 66.8 Å². The average Bonchev–Trinajstić information content (AvgIpc) is 3.02. The highest BCUT2D eigenvalue weighted by atomic mass is 35.5. The lowest BCUT2D eigenvalue weighted by atomic mass is 9.90. The first kappa shape index (κ1) is 14.2. The van der Waals surface area contributed by atoms with Crippen molar-refractivity contribution in [3.05, 3.63) is 28.8 Å². The van der Waals surface area contributed by atoms with Gasteiger partial charge in [0, 0.05) is 24.5 Å². The van der Waals surface area contributed by atoms with Gasteiger partial charge in [-0.05, 0) is 37.1 Å². The highest BCUT2D eigenvalue weighted by Crippen LogP contribution is 2.34. The molecule has 0 bridgehead atoms. The summed E-state index contributed by atoms with van der Waals surface area (Å²) in [4.78, 5) is 25.3. The number of halogens is 1. The fourth-order valence-corrected chi connectivity index (χ4v) is 3.08. The van der Waals surface area contributed by atoms with Crippen LogP contribution in [0.25, 0.3) is 0 Å². The summed E-state index contributed by atoms with van der Waals surface area (Å²) in [5, 5.41) is 9.84. The van der Waals surface area contributed by atoms with Crippen molar-refractivity contribution in [2.24, 2.45) is 5.41 Å². The van der Waals surface area contributed by atoms with E-state index in [1.807, 2.05) is 0 Å². The van der Waals surface area contributed by atoms with Crippen LogP contribution in [0.4, 0.5) is 0 Å². The van der Waals surface area contributed by atoms with Gasteiger partial charge in [0.25, 0.3) is 5.91 Å². The maximum atomic E-state index is 12.5. The molecule has 1 amide bonds. The smallest absolute Gasteiger partial charge is 0.311 e. The Morgan fingerprint density at radius 1 is 1.48 bits per heavy atom. The molecule has 21 heavy (non-hydrogen) atoms. The second-order valence-corrected chi connectivity index (χ2v) is 6.37. The number of nitrogens with zero attached hydrogens (tertiary/aromatic N) is 1. The Morgan fingerprint density at radius 2 is 2.24 bits per heavy atom. The standard InChI is InChI=1S/C15H16ClNO4/c1-15(14(19)20)4-5-17(8-15)13(18)12-7-9-6-10(16)2-3-11(9)21-12/h2-3,6,12H,4-5,7-8H2,1H3,(H,19,20)/t12-,15-/m1/s1. The molecular formula is C15H16ClNO4. The molecule has 0 aliphatic carbocycles. The van der Waals surface area contributed by atoms with Gasteiger partial charge in [0.2, 0.25) is 0 Å². The Morgan fingerprint density at radius 3 is 2.90 bits per heavy atom. The first-order chi connectivity index (χ1) is 9.89. The van der Waals surface area contributed by atoms with E-state index in [0.29, 0.717) is 30.2 Å². The molecule has 2 aliphatic heterocycles. The van der Waals surface area contributed by atoms with Crippen molar-refractivity contribution < 1.29 is 19.4 Å². The van der Waals surface area contributed by atoms with E-state index in [1.165, 1.54) is 0 Å². The van der Waals surface area contributed by atoms with E-state index < -0.39 is 17.5 Å². The van der Waals surface area contributed by atoms with Gasteiger partial charge in [0.05, 0.1) is 5.41 Å². The van der Waals surface area contributed by atoms with Crippen LogP contribution in [-0.2, 0) is 16.0 Å². The van der Waals surface area contributed by atoms with Gasteiger partial charge in [0.1, 0.15) is 5.75 Å². The van der Waals surface area contributed by atoms with Crippen LogP contribution in [0.1, 0.15) is 18.9 Å². The zero-order valence-corrected chi connectivity index (χ0v) is 12.4.